The number of benzene rings is 1. The van der Waals surface area contributed by atoms with Crippen molar-refractivity contribution in [2.75, 3.05) is 17.6 Å². The minimum absolute atomic E-state index is 0.231. The van der Waals surface area contributed by atoms with E-state index in [2.05, 4.69) is 26.2 Å². The van der Waals surface area contributed by atoms with Crippen molar-refractivity contribution >= 4 is 38.5 Å². The molecule has 0 bridgehead atoms. The zero-order valence-electron chi connectivity index (χ0n) is 8.27. The predicted octanol–water partition coefficient (Wildman–Crippen LogP) is 3.63. The Morgan fingerprint density at radius 2 is 2.19 bits per heavy atom. The Morgan fingerprint density at radius 3 is 2.81 bits per heavy atom. The molecule has 2 rings (SSSR count). The van der Waals surface area contributed by atoms with Crippen LogP contribution < -0.4 is 5.32 Å². The Morgan fingerprint density at radius 1 is 1.38 bits per heavy atom. The summed E-state index contributed by atoms with van der Waals surface area (Å²) in [6.45, 7) is 0.746. The van der Waals surface area contributed by atoms with E-state index in [1.54, 1.807) is 0 Å². The maximum atomic E-state index is 13.5. The molecule has 0 aliphatic carbocycles. The average Bonchev–Trinajstić information content (AvgIpc) is 2.25. The molecule has 6 heteroatoms. The van der Waals surface area contributed by atoms with Gasteiger partial charge >= 0.3 is 0 Å². The Hall–Kier alpha value is -0.620. The van der Waals surface area contributed by atoms with Gasteiger partial charge in [0.1, 0.15) is 5.82 Å². The Kier molecular flexibility index (Phi) is 3.81. The second-order valence-electron chi connectivity index (χ2n) is 3.26. The second-order valence-corrected chi connectivity index (χ2v) is 5.20. The van der Waals surface area contributed by atoms with Crippen molar-refractivity contribution in [1.29, 1.82) is 0 Å². The van der Waals surface area contributed by atoms with Gasteiger partial charge in [-0.3, -0.25) is 4.99 Å². The monoisotopic (exact) mass is 306 g/mol. The van der Waals surface area contributed by atoms with E-state index < -0.39 is 11.6 Å². The first-order chi connectivity index (χ1) is 7.66. The van der Waals surface area contributed by atoms with Gasteiger partial charge in [0.2, 0.25) is 0 Å². The Bertz CT molecular complexity index is 414. The highest BCUT2D eigenvalue weighted by Gasteiger charge is 2.13. The highest BCUT2D eigenvalue weighted by Crippen LogP contribution is 2.28. The van der Waals surface area contributed by atoms with Gasteiger partial charge in [-0.25, -0.2) is 8.78 Å². The molecular weight excluding hydrogens is 298 g/mol. The van der Waals surface area contributed by atoms with Crippen molar-refractivity contribution in [3.05, 3.63) is 28.2 Å². The number of hydrogen-bond donors (Lipinski definition) is 1. The molecule has 1 aliphatic heterocycles. The van der Waals surface area contributed by atoms with Crippen molar-refractivity contribution in [2.24, 2.45) is 4.99 Å². The van der Waals surface area contributed by atoms with E-state index in [0.29, 0.717) is 9.64 Å². The molecule has 0 spiro atoms. The van der Waals surface area contributed by atoms with Crippen LogP contribution in [0.25, 0.3) is 0 Å². The summed E-state index contributed by atoms with van der Waals surface area (Å²) in [5.74, 6) is -0.263. The molecule has 0 atom stereocenters. The topological polar surface area (TPSA) is 24.4 Å². The fraction of sp³-hybridized carbons (Fsp3) is 0.300. The molecule has 0 saturated carbocycles. The van der Waals surface area contributed by atoms with Crippen molar-refractivity contribution in [2.45, 2.75) is 6.42 Å². The van der Waals surface area contributed by atoms with Gasteiger partial charge in [0.05, 0.1) is 5.69 Å². The number of aliphatic imine (C=N–C) groups is 1. The van der Waals surface area contributed by atoms with Gasteiger partial charge < -0.3 is 5.32 Å². The number of amidine groups is 1. The van der Waals surface area contributed by atoms with Crippen molar-refractivity contribution in [3.63, 3.8) is 0 Å². The highest BCUT2D eigenvalue weighted by molar-refractivity contribution is 9.10. The minimum Gasteiger partial charge on any atom is -0.332 e. The fourth-order valence-corrected chi connectivity index (χ4v) is 2.63. The molecule has 1 aromatic carbocycles. The van der Waals surface area contributed by atoms with E-state index in [4.69, 9.17) is 0 Å². The minimum atomic E-state index is -0.624. The van der Waals surface area contributed by atoms with E-state index in [1.165, 1.54) is 17.8 Å². The largest absolute Gasteiger partial charge is 0.332 e. The molecule has 0 amide bonds. The van der Waals surface area contributed by atoms with Gasteiger partial charge in [-0.1, -0.05) is 11.8 Å². The molecule has 2 nitrogen and oxygen atoms in total. The summed E-state index contributed by atoms with van der Waals surface area (Å²) in [7, 11) is 0. The van der Waals surface area contributed by atoms with Gasteiger partial charge in [0, 0.05) is 22.8 Å². The van der Waals surface area contributed by atoms with Gasteiger partial charge in [0.25, 0.3) is 0 Å². The summed E-state index contributed by atoms with van der Waals surface area (Å²) in [6.07, 6.45) is 1.03. The van der Waals surface area contributed by atoms with Crippen LogP contribution in [0.1, 0.15) is 6.42 Å². The van der Waals surface area contributed by atoms with E-state index in [1.807, 2.05) is 0 Å². The van der Waals surface area contributed by atoms with Crippen LogP contribution in [0.3, 0.4) is 0 Å². The second kappa shape index (κ2) is 5.14. The molecular formula is C10H9BrF2N2S. The molecule has 16 heavy (non-hydrogen) atoms. The Labute approximate surface area is 105 Å². The molecule has 1 heterocycles. The molecule has 1 aromatic rings. The zero-order chi connectivity index (χ0) is 11.5. The van der Waals surface area contributed by atoms with Crippen molar-refractivity contribution < 1.29 is 8.78 Å². The summed E-state index contributed by atoms with van der Waals surface area (Å²) in [5, 5.41) is 3.55. The lowest BCUT2D eigenvalue weighted by Crippen LogP contribution is -2.14. The third kappa shape index (κ3) is 2.74. The number of thioether (sulfide) groups is 1. The highest BCUT2D eigenvalue weighted by atomic mass is 79.9. The first-order valence-corrected chi connectivity index (χ1v) is 6.53. The predicted molar refractivity (Wildman–Crippen MR) is 67.1 cm³/mol. The lowest BCUT2D eigenvalue weighted by molar-refractivity contribution is 0.585. The smallest absolute Gasteiger partial charge is 0.161 e. The Balaban J connectivity index is 2.24. The third-order valence-electron chi connectivity index (χ3n) is 2.04. The van der Waals surface area contributed by atoms with E-state index in [0.717, 1.165) is 24.8 Å². The first-order valence-electron chi connectivity index (χ1n) is 4.75. The van der Waals surface area contributed by atoms with E-state index >= 15 is 0 Å². The maximum Gasteiger partial charge on any atom is 0.161 e. The summed E-state index contributed by atoms with van der Waals surface area (Å²) in [6, 6.07) is 2.07. The van der Waals surface area contributed by atoms with Crippen molar-refractivity contribution in [3.8, 4) is 0 Å². The number of halogens is 3. The number of rotatable bonds is 1. The van der Waals surface area contributed by atoms with E-state index in [-0.39, 0.29) is 5.69 Å². The molecule has 0 unspecified atom stereocenters. The third-order valence-corrected chi connectivity index (χ3v) is 3.66. The summed E-state index contributed by atoms with van der Waals surface area (Å²) >= 11 is 4.66. The first kappa shape index (κ1) is 11.9. The van der Waals surface area contributed by atoms with Gasteiger partial charge in [-0.05, 0) is 28.4 Å². The molecule has 0 fully saturated rings. The van der Waals surface area contributed by atoms with Gasteiger partial charge in [-0.15, -0.1) is 0 Å². The number of nitrogens with zero attached hydrogens (tertiary/aromatic N) is 1. The van der Waals surface area contributed by atoms with Crippen LogP contribution in [-0.2, 0) is 0 Å². The summed E-state index contributed by atoms with van der Waals surface area (Å²) in [4.78, 5) is 4.22. The summed E-state index contributed by atoms with van der Waals surface area (Å²) < 4.78 is 26.7. The number of anilines is 1. The van der Waals surface area contributed by atoms with Crippen LogP contribution in [0.2, 0.25) is 0 Å². The maximum absolute atomic E-state index is 13.5. The van der Waals surface area contributed by atoms with Crippen molar-refractivity contribution in [1.82, 2.24) is 0 Å². The lowest BCUT2D eigenvalue weighted by atomic mass is 10.3. The SMILES string of the molecule is Fc1cc(F)c(NC2=NCCCS2)c(Br)c1. The molecule has 1 aliphatic rings. The number of hydrogen-bond acceptors (Lipinski definition) is 3. The fourth-order valence-electron chi connectivity index (χ4n) is 1.30. The molecule has 1 N–H and O–H groups in total. The van der Waals surface area contributed by atoms with E-state index in [9.17, 15) is 8.78 Å². The summed E-state index contributed by atoms with van der Waals surface area (Å²) in [5.41, 5.74) is 0.231. The van der Waals surface area contributed by atoms with Gasteiger partial charge in [-0.2, -0.15) is 0 Å². The van der Waals surface area contributed by atoms with Crippen LogP contribution in [-0.4, -0.2) is 17.5 Å². The van der Waals surface area contributed by atoms with Crippen LogP contribution in [0, 0.1) is 11.6 Å². The average molecular weight is 307 g/mol. The standard InChI is InChI=1S/C10H9BrF2N2S/c11-7-4-6(12)5-8(13)9(7)15-10-14-2-1-3-16-10/h4-5H,1-3H2,(H,14,15). The molecule has 0 aromatic heterocycles. The number of nitrogens with one attached hydrogen (secondary N) is 1. The van der Waals surface area contributed by atoms with Gasteiger partial charge in [0.15, 0.2) is 11.0 Å². The van der Waals surface area contributed by atoms with Crippen LogP contribution in [0.5, 0.6) is 0 Å². The van der Waals surface area contributed by atoms with Crippen LogP contribution >= 0.6 is 27.7 Å². The molecule has 0 saturated heterocycles. The molecule has 86 valence electrons. The lowest BCUT2D eigenvalue weighted by Gasteiger charge is -2.14. The van der Waals surface area contributed by atoms with Crippen LogP contribution in [0.15, 0.2) is 21.6 Å². The van der Waals surface area contributed by atoms with Crippen LogP contribution in [0.4, 0.5) is 14.5 Å². The zero-order valence-corrected chi connectivity index (χ0v) is 10.7. The molecule has 0 radical (unpaired) electrons. The quantitative estimate of drug-likeness (QED) is 0.857. The normalized spacial score (nSPS) is 15.8.